The van der Waals surface area contributed by atoms with E-state index in [2.05, 4.69) is 63.5 Å². The molecule has 2 aliphatic rings. The zero-order chi connectivity index (χ0) is 24.6. The van der Waals surface area contributed by atoms with Gasteiger partial charge in [-0.05, 0) is 43.0 Å². The zero-order valence-corrected chi connectivity index (χ0v) is 21.8. The van der Waals surface area contributed by atoms with E-state index >= 15 is 0 Å². The summed E-state index contributed by atoms with van der Waals surface area (Å²) in [7, 11) is 0. The van der Waals surface area contributed by atoms with Crippen molar-refractivity contribution in [1.29, 1.82) is 0 Å². The van der Waals surface area contributed by atoms with Gasteiger partial charge < -0.3 is 30.1 Å². The summed E-state index contributed by atoms with van der Waals surface area (Å²) >= 11 is 1.53. The maximum Gasteiger partial charge on any atom is 0.236 e. The van der Waals surface area contributed by atoms with Crippen LogP contribution in [0, 0.1) is 5.92 Å². The molecule has 0 saturated carbocycles. The Balaban J connectivity index is 1.36. The molecule has 1 aromatic carbocycles. The first-order valence-corrected chi connectivity index (χ1v) is 13.6. The number of nitrogens with zero attached hydrogens (tertiary/aromatic N) is 5. The van der Waals surface area contributed by atoms with Crippen LogP contribution in [0.5, 0.6) is 0 Å². The van der Waals surface area contributed by atoms with Crippen LogP contribution in [0.4, 0.5) is 23.0 Å². The molecule has 2 aliphatic heterocycles. The lowest BCUT2D eigenvalue weighted by Gasteiger charge is -2.35. The van der Waals surface area contributed by atoms with Crippen molar-refractivity contribution in [2.75, 3.05) is 86.9 Å². The van der Waals surface area contributed by atoms with E-state index in [1.807, 2.05) is 17.2 Å². The summed E-state index contributed by atoms with van der Waals surface area (Å²) in [6, 6.07) is 10.4. The van der Waals surface area contributed by atoms with E-state index < -0.39 is 0 Å². The molecule has 2 fully saturated rings. The largest absolute Gasteiger partial charge is 0.378 e. The van der Waals surface area contributed by atoms with Gasteiger partial charge in [0.1, 0.15) is 11.6 Å². The molecule has 0 radical (unpaired) electrons. The Morgan fingerprint density at radius 3 is 2.40 bits per heavy atom. The third-order valence-electron chi connectivity index (χ3n) is 6.18. The Labute approximate surface area is 212 Å². The number of carbonyl (C=O) groups excluding carboxylic acids is 1. The second-order valence-corrected chi connectivity index (χ2v) is 10.0. The summed E-state index contributed by atoms with van der Waals surface area (Å²) < 4.78 is 5.45. The number of thioether (sulfide) groups is 1. The van der Waals surface area contributed by atoms with Crippen LogP contribution in [0.15, 0.2) is 35.5 Å². The highest BCUT2D eigenvalue weighted by Crippen LogP contribution is 2.25. The van der Waals surface area contributed by atoms with Crippen LogP contribution < -0.4 is 20.4 Å². The summed E-state index contributed by atoms with van der Waals surface area (Å²) in [5.74, 6) is 2.37. The average Bonchev–Trinajstić information content (AvgIpc) is 2.89. The number of benzene rings is 1. The summed E-state index contributed by atoms with van der Waals surface area (Å²) in [4.78, 5) is 28.4. The number of ether oxygens (including phenoxy) is 1. The molecule has 0 spiro atoms. The molecule has 2 saturated heterocycles. The second kappa shape index (κ2) is 12.4. The Morgan fingerprint density at radius 1 is 1.03 bits per heavy atom. The van der Waals surface area contributed by atoms with Gasteiger partial charge >= 0.3 is 0 Å². The van der Waals surface area contributed by atoms with Gasteiger partial charge in [-0.1, -0.05) is 25.6 Å². The normalized spacial score (nSPS) is 16.6. The van der Waals surface area contributed by atoms with Crippen LogP contribution >= 0.6 is 11.8 Å². The SMILES string of the molecule is CSc1nc(Nc2ccc(N3CCOCC3)cc2)cc(N2CCN(C(=O)CNCC(C)C)CC2)n1. The van der Waals surface area contributed by atoms with Crippen LogP contribution in [0.1, 0.15) is 13.8 Å². The molecule has 1 amide bonds. The van der Waals surface area contributed by atoms with Crippen molar-refractivity contribution in [2.24, 2.45) is 5.92 Å². The van der Waals surface area contributed by atoms with Crippen molar-refractivity contribution in [1.82, 2.24) is 20.2 Å². The monoisotopic (exact) mass is 499 g/mol. The van der Waals surface area contributed by atoms with Crippen molar-refractivity contribution in [2.45, 2.75) is 19.0 Å². The predicted molar refractivity (Wildman–Crippen MR) is 143 cm³/mol. The summed E-state index contributed by atoms with van der Waals surface area (Å²) in [5, 5.41) is 7.42. The summed E-state index contributed by atoms with van der Waals surface area (Å²) in [6.07, 6.45) is 1.99. The molecule has 3 heterocycles. The number of piperazine rings is 1. The number of nitrogens with one attached hydrogen (secondary N) is 2. The van der Waals surface area contributed by atoms with Gasteiger partial charge in [0.2, 0.25) is 5.91 Å². The first-order chi connectivity index (χ1) is 17.0. The fourth-order valence-electron chi connectivity index (χ4n) is 4.22. The Kier molecular flexibility index (Phi) is 9.06. The summed E-state index contributed by atoms with van der Waals surface area (Å²) in [6.45, 7) is 11.9. The minimum absolute atomic E-state index is 0.167. The van der Waals surface area contributed by atoms with E-state index in [9.17, 15) is 4.79 Å². The Morgan fingerprint density at radius 2 is 1.74 bits per heavy atom. The third kappa shape index (κ3) is 7.22. The van der Waals surface area contributed by atoms with Crippen molar-refractivity contribution in [3.05, 3.63) is 30.3 Å². The molecule has 9 nitrogen and oxygen atoms in total. The van der Waals surface area contributed by atoms with Gasteiger partial charge in [-0.3, -0.25) is 4.79 Å². The topological polar surface area (TPSA) is 85.9 Å². The lowest BCUT2D eigenvalue weighted by Crippen LogP contribution is -2.51. The number of amides is 1. The van der Waals surface area contributed by atoms with Crippen molar-refractivity contribution >= 4 is 40.7 Å². The second-order valence-electron chi connectivity index (χ2n) is 9.26. The van der Waals surface area contributed by atoms with Crippen LogP contribution in [0.25, 0.3) is 0 Å². The maximum absolute atomic E-state index is 12.5. The molecule has 190 valence electrons. The van der Waals surface area contributed by atoms with Gasteiger partial charge in [0.05, 0.1) is 19.8 Å². The molecule has 10 heteroatoms. The van der Waals surface area contributed by atoms with Crippen LogP contribution in [-0.4, -0.2) is 92.6 Å². The van der Waals surface area contributed by atoms with Crippen molar-refractivity contribution in [3.63, 3.8) is 0 Å². The van der Waals surface area contributed by atoms with E-state index in [4.69, 9.17) is 9.72 Å². The molecule has 0 unspecified atom stereocenters. The zero-order valence-electron chi connectivity index (χ0n) is 21.0. The number of hydrogen-bond donors (Lipinski definition) is 2. The molecule has 35 heavy (non-hydrogen) atoms. The highest BCUT2D eigenvalue weighted by Gasteiger charge is 2.22. The predicted octanol–water partition coefficient (Wildman–Crippen LogP) is 2.67. The molecular formula is C25H37N7O2S. The first-order valence-electron chi connectivity index (χ1n) is 12.4. The molecule has 2 N–H and O–H groups in total. The first kappa shape index (κ1) is 25.5. The van der Waals surface area contributed by atoms with Gasteiger partial charge in [0, 0.05) is 56.7 Å². The lowest BCUT2D eigenvalue weighted by atomic mass is 10.2. The van der Waals surface area contributed by atoms with E-state index in [1.54, 1.807) is 0 Å². The van der Waals surface area contributed by atoms with Gasteiger partial charge in [-0.15, -0.1) is 0 Å². The number of hydrogen-bond acceptors (Lipinski definition) is 9. The molecule has 2 aromatic rings. The highest BCUT2D eigenvalue weighted by molar-refractivity contribution is 7.98. The molecular weight excluding hydrogens is 462 g/mol. The average molecular weight is 500 g/mol. The van der Waals surface area contributed by atoms with Gasteiger partial charge in [0.25, 0.3) is 0 Å². The van der Waals surface area contributed by atoms with E-state index in [1.165, 1.54) is 17.4 Å². The number of aromatic nitrogens is 2. The van der Waals surface area contributed by atoms with Crippen LogP contribution in [0.2, 0.25) is 0 Å². The number of anilines is 4. The van der Waals surface area contributed by atoms with Crippen molar-refractivity contribution < 1.29 is 9.53 Å². The van der Waals surface area contributed by atoms with Crippen LogP contribution in [0.3, 0.4) is 0 Å². The van der Waals surface area contributed by atoms with Gasteiger partial charge in [0.15, 0.2) is 5.16 Å². The third-order valence-corrected chi connectivity index (χ3v) is 6.72. The van der Waals surface area contributed by atoms with Crippen molar-refractivity contribution in [3.8, 4) is 0 Å². The van der Waals surface area contributed by atoms with E-state index in [-0.39, 0.29) is 5.91 Å². The number of morpholine rings is 1. The smallest absolute Gasteiger partial charge is 0.236 e. The fraction of sp³-hybridized carbons (Fsp3) is 0.560. The Bertz CT molecular complexity index is 959. The fourth-order valence-corrected chi connectivity index (χ4v) is 4.59. The molecule has 0 aliphatic carbocycles. The number of carbonyl (C=O) groups is 1. The van der Waals surface area contributed by atoms with Gasteiger partial charge in [-0.2, -0.15) is 0 Å². The highest BCUT2D eigenvalue weighted by atomic mass is 32.2. The van der Waals surface area contributed by atoms with Crippen LogP contribution in [-0.2, 0) is 9.53 Å². The minimum atomic E-state index is 0.167. The van der Waals surface area contributed by atoms with E-state index in [0.717, 1.165) is 68.4 Å². The maximum atomic E-state index is 12.5. The molecule has 0 atom stereocenters. The molecule has 0 bridgehead atoms. The standard InChI is InChI=1S/C25H37N7O2S/c1-19(2)17-26-18-24(33)32-10-8-31(9-11-32)23-16-22(28-25(29-23)35-3)27-20-4-6-21(7-5-20)30-12-14-34-15-13-30/h4-7,16,19,26H,8-15,17-18H2,1-3H3,(H,27,28,29). The molecule has 1 aromatic heterocycles. The number of rotatable bonds is 9. The molecule has 4 rings (SSSR count). The Hall–Kier alpha value is -2.56. The minimum Gasteiger partial charge on any atom is -0.378 e. The van der Waals surface area contributed by atoms with Gasteiger partial charge in [-0.25, -0.2) is 9.97 Å². The summed E-state index contributed by atoms with van der Waals surface area (Å²) in [5.41, 5.74) is 2.20. The van der Waals surface area contributed by atoms with E-state index in [0.29, 0.717) is 25.6 Å². The lowest BCUT2D eigenvalue weighted by molar-refractivity contribution is -0.130. The quantitative estimate of drug-likeness (QED) is 0.399.